The van der Waals surface area contributed by atoms with Crippen LogP contribution in [0.5, 0.6) is 0 Å². The van der Waals surface area contributed by atoms with Gasteiger partial charge in [0.1, 0.15) is 5.78 Å². The normalized spacial score (nSPS) is 24.4. The molecule has 0 aromatic carbocycles. The fourth-order valence-corrected chi connectivity index (χ4v) is 3.39. The summed E-state index contributed by atoms with van der Waals surface area (Å²) < 4.78 is 0. The van der Waals surface area contributed by atoms with Gasteiger partial charge in [0, 0.05) is 19.3 Å². The van der Waals surface area contributed by atoms with Gasteiger partial charge in [-0.2, -0.15) is 0 Å². The number of nitrogens with zero attached hydrogens (tertiary/aromatic N) is 1. The van der Waals surface area contributed by atoms with E-state index in [9.17, 15) is 14.4 Å². The maximum atomic E-state index is 12.7. The Morgan fingerprint density at radius 3 is 2.45 bits per heavy atom. The van der Waals surface area contributed by atoms with E-state index >= 15 is 0 Å². The van der Waals surface area contributed by atoms with E-state index in [1.54, 1.807) is 6.92 Å². The first-order valence-electron chi connectivity index (χ1n) is 7.61. The molecule has 0 heterocycles. The first-order chi connectivity index (χ1) is 10.1. The van der Waals surface area contributed by atoms with Gasteiger partial charge < -0.3 is 5.73 Å². The Labute approximate surface area is 132 Å². The highest BCUT2D eigenvalue weighted by atomic mass is 16.2. The third-order valence-corrected chi connectivity index (χ3v) is 4.31. The number of urea groups is 1. The second kappa shape index (κ2) is 6.94. The average molecular weight is 309 g/mol. The minimum absolute atomic E-state index is 0.0951. The van der Waals surface area contributed by atoms with Gasteiger partial charge in [-0.3, -0.25) is 9.59 Å². The summed E-state index contributed by atoms with van der Waals surface area (Å²) in [5, 5.41) is 1.12. The average Bonchev–Trinajstić information content (AvgIpc) is 2.33. The standard InChI is InChI=1S/C16H27N3O3/c1-10-7-6-8-16(4,5)14(10)13(21)9-11(2)19(12(3)20)18-15(17)22/h6-7,10-11,14H,8-9H2,1-5H3,(H3,17,18,22)/t10-,11-,14-/m1/s1. The maximum Gasteiger partial charge on any atom is 0.331 e. The molecule has 0 spiro atoms. The largest absolute Gasteiger partial charge is 0.350 e. The lowest BCUT2D eigenvalue weighted by molar-refractivity contribution is -0.136. The van der Waals surface area contributed by atoms with Crippen LogP contribution in [-0.2, 0) is 9.59 Å². The van der Waals surface area contributed by atoms with Crippen LogP contribution in [0.15, 0.2) is 12.2 Å². The van der Waals surface area contributed by atoms with Crippen LogP contribution < -0.4 is 11.2 Å². The maximum absolute atomic E-state index is 12.7. The summed E-state index contributed by atoms with van der Waals surface area (Å²) in [5.41, 5.74) is 7.24. The summed E-state index contributed by atoms with van der Waals surface area (Å²) in [7, 11) is 0. The molecule has 1 rings (SSSR count). The second-order valence-electron chi connectivity index (χ2n) is 6.84. The van der Waals surface area contributed by atoms with Gasteiger partial charge in [0.25, 0.3) is 0 Å². The summed E-state index contributed by atoms with van der Waals surface area (Å²) >= 11 is 0. The molecular formula is C16H27N3O3. The molecule has 1 aliphatic rings. The van der Waals surface area contributed by atoms with Gasteiger partial charge in [0.15, 0.2) is 0 Å². The molecule has 1 aliphatic carbocycles. The lowest BCUT2D eigenvalue weighted by Crippen LogP contribution is -2.53. The minimum Gasteiger partial charge on any atom is -0.350 e. The number of nitrogens with one attached hydrogen (secondary N) is 1. The van der Waals surface area contributed by atoms with Crippen LogP contribution in [0.3, 0.4) is 0 Å². The predicted octanol–water partition coefficient (Wildman–Crippen LogP) is 2.00. The highest BCUT2D eigenvalue weighted by Crippen LogP contribution is 2.41. The lowest BCUT2D eigenvalue weighted by atomic mass is 9.64. The zero-order valence-electron chi connectivity index (χ0n) is 14.1. The number of hydrogen-bond acceptors (Lipinski definition) is 3. The molecule has 0 unspecified atom stereocenters. The number of nitrogens with two attached hydrogens (primary N) is 1. The van der Waals surface area contributed by atoms with Crippen molar-refractivity contribution in [2.45, 2.75) is 53.5 Å². The van der Waals surface area contributed by atoms with Gasteiger partial charge in [-0.05, 0) is 24.7 Å². The Hall–Kier alpha value is -1.85. The molecule has 0 radical (unpaired) electrons. The van der Waals surface area contributed by atoms with Gasteiger partial charge in [0.2, 0.25) is 5.91 Å². The molecular weight excluding hydrogens is 282 g/mol. The van der Waals surface area contributed by atoms with Crippen molar-refractivity contribution in [2.24, 2.45) is 23.0 Å². The number of rotatable bonds is 4. The van der Waals surface area contributed by atoms with E-state index in [0.717, 1.165) is 11.4 Å². The van der Waals surface area contributed by atoms with Gasteiger partial charge >= 0.3 is 6.03 Å². The number of carbonyl (C=O) groups is 3. The second-order valence-corrected chi connectivity index (χ2v) is 6.84. The van der Waals surface area contributed by atoms with E-state index in [1.807, 2.05) is 6.92 Å². The first-order valence-corrected chi connectivity index (χ1v) is 7.61. The number of ketones is 1. The number of hydrazine groups is 1. The molecule has 0 saturated carbocycles. The number of carbonyl (C=O) groups excluding carboxylic acids is 3. The van der Waals surface area contributed by atoms with Crippen molar-refractivity contribution in [1.82, 2.24) is 10.4 Å². The molecule has 124 valence electrons. The molecule has 3 atom stereocenters. The Bertz CT molecular complexity index is 485. The van der Waals surface area contributed by atoms with Crippen molar-refractivity contribution < 1.29 is 14.4 Å². The van der Waals surface area contributed by atoms with Crippen LogP contribution in [0.4, 0.5) is 4.79 Å². The van der Waals surface area contributed by atoms with Gasteiger partial charge in [-0.1, -0.05) is 32.9 Å². The molecule has 0 aromatic heterocycles. The van der Waals surface area contributed by atoms with Crippen LogP contribution >= 0.6 is 0 Å². The SMILES string of the molecule is CC(=O)N(NC(N)=O)[C@H](C)CC(=O)[C@H]1[C@H](C)C=CCC1(C)C. The highest BCUT2D eigenvalue weighted by molar-refractivity contribution is 5.84. The van der Waals surface area contributed by atoms with Crippen molar-refractivity contribution in [3.8, 4) is 0 Å². The Kier molecular flexibility index (Phi) is 5.74. The molecule has 0 bridgehead atoms. The Morgan fingerprint density at radius 2 is 2.00 bits per heavy atom. The van der Waals surface area contributed by atoms with Crippen molar-refractivity contribution in [1.29, 1.82) is 0 Å². The van der Waals surface area contributed by atoms with E-state index in [2.05, 4.69) is 31.4 Å². The van der Waals surface area contributed by atoms with E-state index in [0.29, 0.717) is 0 Å². The van der Waals surface area contributed by atoms with Crippen LogP contribution in [0, 0.1) is 17.3 Å². The highest BCUT2D eigenvalue weighted by Gasteiger charge is 2.40. The van der Waals surface area contributed by atoms with Gasteiger partial charge in [-0.25, -0.2) is 15.2 Å². The summed E-state index contributed by atoms with van der Waals surface area (Å²) in [5.74, 6) is -0.178. The summed E-state index contributed by atoms with van der Waals surface area (Å²) in [4.78, 5) is 35.3. The molecule has 6 heteroatoms. The van der Waals surface area contributed by atoms with Crippen LogP contribution in [-0.4, -0.2) is 28.8 Å². The fourth-order valence-electron chi connectivity index (χ4n) is 3.39. The van der Waals surface area contributed by atoms with Crippen LogP contribution in [0.1, 0.15) is 47.5 Å². The quantitative estimate of drug-likeness (QED) is 0.614. The summed E-state index contributed by atoms with van der Waals surface area (Å²) in [6, 6.07) is -1.25. The smallest absolute Gasteiger partial charge is 0.331 e. The molecule has 0 fully saturated rings. The monoisotopic (exact) mass is 309 g/mol. The van der Waals surface area contributed by atoms with Crippen molar-refractivity contribution in [3.05, 3.63) is 12.2 Å². The van der Waals surface area contributed by atoms with Crippen LogP contribution in [0.2, 0.25) is 0 Å². The number of primary amides is 1. The zero-order valence-corrected chi connectivity index (χ0v) is 14.1. The van der Waals surface area contributed by atoms with E-state index < -0.39 is 12.1 Å². The molecule has 0 saturated heterocycles. The number of Topliss-reactive ketones (excluding diaryl/α,β-unsaturated/α-hetero) is 1. The lowest BCUT2D eigenvalue weighted by Gasteiger charge is -2.39. The Balaban J connectivity index is 2.83. The van der Waals surface area contributed by atoms with Crippen molar-refractivity contribution >= 4 is 17.7 Å². The molecule has 6 nitrogen and oxygen atoms in total. The van der Waals surface area contributed by atoms with Crippen molar-refractivity contribution in [2.75, 3.05) is 0 Å². The number of allylic oxidation sites excluding steroid dienone is 2. The first kappa shape index (κ1) is 18.2. The Morgan fingerprint density at radius 1 is 1.41 bits per heavy atom. The van der Waals surface area contributed by atoms with Crippen LogP contribution in [0.25, 0.3) is 0 Å². The number of hydrogen-bond donors (Lipinski definition) is 2. The molecule has 22 heavy (non-hydrogen) atoms. The zero-order chi connectivity index (χ0) is 17.1. The molecule has 3 N–H and O–H groups in total. The fraction of sp³-hybridized carbons (Fsp3) is 0.688. The minimum atomic E-state index is -0.816. The molecule has 0 aromatic rings. The molecule has 0 aliphatic heterocycles. The molecule has 3 amide bonds. The topological polar surface area (TPSA) is 92.5 Å². The number of amides is 3. The van der Waals surface area contributed by atoms with E-state index in [-0.39, 0.29) is 35.4 Å². The van der Waals surface area contributed by atoms with Gasteiger partial charge in [0.05, 0.1) is 6.04 Å². The summed E-state index contributed by atoms with van der Waals surface area (Å²) in [6.07, 6.45) is 5.24. The van der Waals surface area contributed by atoms with E-state index in [1.165, 1.54) is 6.92 Å². The van der Waals surface area contributed by atoms with Gasteiger partial charge in [-0.15, -0.1) is 0 Å². The predicted molar refractivity (Wildman–Crippen MR) is 84.5 cm³/mol. The third kappa shape index (κ3) is 4.32. The van der Waals surface area contributed by atoms with E-state index in [4.69, 9.17) is 5.73 Å². The third-order valence-electron chi connectivity index (χ3n) is 4.31. The summed E-state index contributed by atoms with van der Waals surface area (Å²) in [6.45, 7) is 9.27. The van der Waals surface area contributed by atoms with Crippen molar-refractivity contribution in [3.63, 3.8) is 0 Å².